The highest BCUT2D eigenvalue weighted by Gasteiger charge is 2.26. The molecule has 0 aliphatic carbocycles. The molecule has 0 saturated carbocycles. The Bertz CT molecular complexity index is 940. The van der Waals surface area contributed by atoms with Crippen molar-refractivity contribution < 1.29 is 9.66 Å². The highest BCUT2D eigenvalue weighted by atomic mass is 35.5. The predicted molar refractivity (Wildman–Crippen MR) is 105 cm³/mol. The Labute approximate surface area is 161 Å². The van der Waals surface area contributed by atoms with Gasteiger partial charge in [-0.3, -0.25) is 14.7 Å². The second-order valence-electron chi connectivity index (χ2n) is 6.07. The summed E-state index contributed by atoms with van der Waals surface area (Å²) in [5, 5.41) is 14.7. The summed E-state index contributed by atoms with van der Waals surface area (Å²) in [6.07, 6.45) is 1.58. The third-order valence-corrected chi connectivity index (χ3v) is 4.42. The third-order valence-electron chi connectivity index (χ3n) is 4.13. The summed E-state index contributed by atoms with van der Waals surface area (Å²) in [7, 11) is 1.58. The maximum absolute atomic E-state index is 11.3. The molecule has 7 nitrogen and oxygen atoms in total. The van der Waals surface area contributed by atoms with Gasteiger partial charge in [-0.1, -0.05) is 23.7 Å². The van der Waals surface area contributed by atoms with Crippen LogP contribution in [0, 0.1) is 17.0 Å². The van der Waals surface area contributed by atoms with Crippen LogP contribution in [0.1, 0.15) is 17.3 Å². The molecule has 1 heterocycles. The quantitative estimate of drug-likeness (QED) is 0.484. The number of benzene rings is 2. The minimum atomic E-state index is -0.663. The minimum Gasteiger partial charge on any atom is -0.497 e. The molecule has 1 unspecified atom stereocenters. The summed E-state index contributed by atoms with van der Waals surface area (Å²) in [4.78, 5) is 15.1. The molecule has 0 spiro atoms. The molecule has 0 bridgehead atoms. The monoisotopic (exact) mass is 386 g/mol. The lowest BCUT2D eigenvalue weighted by Gasteiger charge is -2.19. The molecule has 2 aromatic carbocycles. The van der Waals surface area contributed by atoms with E-state index in [1.54, 1.807) is 42.3 Å². The number of aryl methyl sites for hydroxylation is 1. The van der Waals surface area contributed by atoms with Gasteiger partial charge in [-0.2, -0.15) is 0 Å². The molecule has 3 aromatic rings. The lowest BCUT2D eigenvalue weighted by atomic mass is 10.1. The lowest BCUT2D eigenvalue weighted by Crippen LogP contribution is -2.23. The number of methoxy groups -OCH3 is 1. The van der Waals surface area contributed by atoms with Crippen LogP contribution >= 0.6 is 11.6 Å². The normalized spacial score (nSPS) is 11.8. The zero-order valence-electron chi connectivity index (χ0n) is 14.9. The zero-order chi connectivity index (χ0) is 19.4. The number of aromatic nitrogens is 2. The number of anilines is 1. The van der Waals surface area contributed by atoms with Crippen molar-refractivity contribution in [1.82, 2.24) is 9.55 Å². The Hall–Kier alpha value is -3.06. The highest BCUT2D eigenvalue weighted by molar-refractivity contribution is 6.30. The topological polar surface area (TPSA) is 82.2 Å². The standard InChI is InChI=1S/C19H19ClN4O3/c1-13-4-3-5-15(10-13)23-12-21-19(20)18(23)17(11-24(25)26)22-14-6-8-16(27-2)9-7-14/h3-10,12,17,22H,11H2,1-2H3. The molecule has 0 amide bonds. The fourth-order valence-electron chi connectivity index (χ4n) is 2.87. The summed E-state index contributed by atoms with van der Waals surface area (Å²) in [6, 6.07) is 14.3. The van der Waals surface area contributed by atoms with E-state index >= 15 is 0 Å². The van der Waals surface area contributed by atoms with Gasteiger partial charge in [0.15, 0.2) is 5.15 Å². The molecular weight excluding hydrogens is 368 g/mol. The summed E-state index contributed by atoms with van der Waals surface area (Å²) in [5.41, 5.74) is 3.16. The van der Waals surface area contributed by atoms with Gasteiger partial charge in [0, 0.05) is 16.3 Å². The first-order chi connectivity index (χ1) is 13.0. The van der Waals surface area contributed by atoms with E-state index < -0.39 is 6.04 Å². The van der Waals surface area contributed by atoms with Gasteiger partial charge >= 0.3 is 0 Å². The van der Waals surface area contributed by atoms with Crippen LogP contribution in [0.5, 0.6) is 5.75 Å². The molecule has 0 radical (unpaired) electrons. The summed E-state index contributed by atoms with van der Waals surface area (Å²) in [6.45, 7) is 1.63. The van der Waals surface area contributed by atoms with Crippen molar-refractivity contribution in [3.8, 4) is 11.4 Å². The van der Waals surface area contributed by atoms with Crippen LogP contribution in [0.15, 0.2) is 54.9 Å². The van der Waals surface area contributed by atoms with Gasteiger partial charge in [0.05, 0.1) is 12.8 Å². The first-order valence-corrected chi connectivity index (χ1v) is 8.68. The zero-order valence-corrected chi connectivity index (χ0v) is 15.7. The molecular formula is C19H19ClN4O3. The first kappa shape index (κ1) is 18.7. The molecule has 0 fully saturated rings. The molecule has 0 saturated heterocycles. The van der Waals surface area contributed by atoms with Crippen LogP contribution in [-0.4, -0.2) is 28.1 Å². The van der Waals surface area contributed by atoms with Gasteiger partial charge in [-0.05, 0) is 48.9 Å². The van der Waals surface area contributed by atoms with Gasteiger partial charge in [-0.15, -0.1) is 0 Å². The Kier molecular flexibility index (Phi) is 5.61. The van der Waals surface area contributed by atoms with Crippen LogP contribution in [0.4, 0.5) is 5.69 Å². The molecule has 3 rings (SSSR count). The summed E-state index contributed by atoms with van der Waals surface area (Å²) in [5.74, 6) is 0.703. The number of hydrogen-bond donors (Lipinski definition) is 1. The van der Waals surface area contributed by atoms with Crippen molar-refractivity contribution >= 4 is 17.3 Å². The molecule has 0 aliphatic rings. The van der Waals surface area contributed by atoms with Gasteiger partial charge in [0.1, 0.15) is 18.1 Å². The number of ether oxygens (including phenoxy) is 1. The number of hydrogen-bond acceptors (Lipinski definition) is 5. The van der Waals surface area contributed by atoms with Crippen molar-refractivity contribution in [3.05, 3.63) is 81.4 Å². The summed E-state index contributed by atoms with van der Waals surface area (Å²) < 4.78 is 6.92. The molecule has 27 heavy (non-hydrogen) atoms. The highest BCUT2D eigenvalue weighted by Crippen LogP contribution is 2.29. The third kappa shape index (κ3) is 4.38. The number of nitrogens with one attached hydrogen (secondary N) is 1. The minimum absolute atomic E-state index is 0.226. The van der Waals surface area contributed by atoms with Gasteiger partial charge in [0.2, 0.25) is 6.54 Å². The molecule has 0 aliphatic heterocycles. The number of rotatable bonds is 7. The van der Waals surface area contributed by atoms with E-state index in [0.717, 1.165) is 16.9 Å². The van der Waals surface area contributed by atoms with Crippen molar-refractivity contribution in [2.45, 2.75) is 13.0 Å². The van der Waals surface area contributed by atoms with E-state index in [1.807, 2.05) is 31.2 Å². The Morgan fingerprint density at radius 1 is 1.30 bits per heavy atom. The van der Waals surface area contributed by atoms with Crippen LogP contribution in [-0.2, 0) is 0 Å². The number of nitrogens with zero attached hydrogens (tertiary/aromatic N) is 3. The average Bonchev–Trinajstić information content (AvgIpc) is 3.03. The number of halogens is 1. The molecule has 1 aromatic heterocycles. The maximum Gasteiger partial charge on any atom is 0.229 e. The Morgan fingerprint density at radius 2 is 2.04 bits per heavy atom. The van der Waals surface area contributed by atoms with Gasteiger partial charge in [0.25, 0.3) is 0 Å². The predicted octanol–water partition coefficient (Wildman–Crippen LogP) is 4.27. The summed E-state index contributed by atoms with van der Waals surface area (Å²) >= 11 is 6.31. The van der Waals surface area contributed by atoms with Crippen LogP contribution in [0.25, 0.3) is 5.69 Å². The van der Waals surface area contributed by atoms with Gasteiger partial charge in [-0.25, -0.2) is 4.98 Å². The molecule has 8 heteroatoms. The fourth-order valence-corrected chi connectivity index (χ4v) is 3.14. The first-order valence-electron chi connectivity index (χ1n) is 8.30. The molecule has 1 N–H and O–H groups in total. The van der Waals surface area contributed by atoms with Crippen molar-refractivity contribution in [1.29, 1.82) is 0 Å². The van der Waals surface area contributed by atoms with E-state index in [1.165, 1.54) is 0 Å². The van der Waals surface area contributed by atoms with Crippen molar-refractivity contribution in [2.75, 3.05) is 19.0 Å². The average molecular weight is 387 g/mol. The van der Waals surface area contributed by atoms with Crippen LogP contribution in [0.3, 0.4) is 0 Å². The van der Waals surface area contributed by atoms with Gasteiger partial charge < -0.3 is 10.1 Å². The number of imidazole rings is 1. The fraction of sp³-hybridized carbons (Fsp3) is 0.211. The van der Waals surface area contributed by atoms with Crippen molar-refractivity contribution in [2.24, 2.45) is 0 Å². The number of nitro groups is 1. The molecule has 1 atom stereocenters. The van der Waals surface area contributed by atoms with E-state index in [2.05, 4.69) is 10.3 Å². The van der Waals surface area contributed by atoms with Crippen LogP contribution in [0.2, 0.25) is 5.15 Å². The second kappa shape index (κ2) is 8.09. The largest absolute Gasteiger partial charge is 0.497 e. The lowest BCUT2D eigenvalue weighted by molar-refractivity contribution is -0.482. The Morgan fingerprint density at radius 3 is 2.67 bits per heavy atom. The van der Waals surface area contributed by atoms with E-state index in [4.69, 9.17) is 16.3 Å². The SMILES string of the molecule is COc1ccc(NC(C[N+](=O)[O-])c2c(Cl)ncn2-c2cccc(C)c2)cc1. The van der Waals surface area contributed by atoms with Crippen molar-refractivity contribution in [3.63, 3.8) is 0 Å². The maximum atomic E-state index is 11.3. The van der Waals surface area contributed by atoms with E-state index in [9.17, 15) is 10.1 Å². The smallest absolute Gasteiger partial charge is 0.229 e. The Balaban J connectivity index is 1.99. The van der Waals surface area contributed by atoms with Crippen LogP contribution < -0.4 is 10.1 Å². The second-order valence-corrected chi connectivity index (χ2v) is 6.43. The molecule has 140 valence electrons. The van der Waals surface area contributed by atoms with E-state index in [-0.39, 0.29) is 16.6 Å². The van der Waals surface area contributed by atoms with E-state index in [0.29, 0.717) is 11.4 Å².